The molecule has 0 aromatic carbocycles. The molecule has 0 aliphatic heterocycles. The second kappa shape index (κ2) is 3.94. The van der Waals surface area contributed by atoms with E-state index in [2.05, 4.69) is 9.97 Å². The molecule has 49 valence electrons. The molecule has 5 heteroatoms. The average Bonchev–Trinajstić information content (AvgIpc) is 1.83. The Balaban J connectivity index is 3.28. The van der Waals surface area contributed by atoms with Crippen molar-refractivity contribution in [3.05, 3.63) is 0 Å². The quantitative estimate of drug-likeness (QED) is 0.510. The summed E-state index contributed by atoms with van der Waals surface area (Å²) in [6.45, 7) is 1.22. The summed E-state index contributed by atoms with van der Waals surface area (Å²) in [7, 11) is 2.27. The maximum Gasteiger partial charge on any atom is 0.483 e. The predicted molar refractivity (Wildman–Crippen MR) is 32.0 cm³/mol. The van der Waals surface area contributed by atoms with Crippen LogP contribution in [-0.4, -0.2) is 26.3 Å². The van der Waals surface area contributed by atoms with Crippen molar-refractivity contribution in [1.29, 1.82) is 0 Å². The normalized spacial score (nSPS) is 7.78. The van der Waals surface area contributed by atoms with Gasteiger partial charge in [0.25, 0.3) is 5.97 Å². The fourth-order valence-corrected chi connectivity index (χ4v) is 0.195. The number of nitrogens with one attached hydrogen (secondary N) is 1. The minimum Gasteiger partial charge on any atom is -0.528 e. The van der Waals surface area contributed by atoms with E-state index in [1.165, 1.54) is 14.0 Å². The Labute approximate surface area is 53.8 Å². The summed E-state index contributed by atoms with van der Waals surface area (Å²) >= 11 is 0. The second-order valence-corrected chi connectivity index (χ2v) is 1.34. The van der Waals surface area contributed by atoms with Gasteiger partial charge in [0, 0.05) is 14.0 Å². The van der Waals surface area contributed by atoms with E-state index in [9.17, 15) is 9.59 Å². The molecular weight excluding hydrogens is 121 g/mol. The predicted octanol–water partition coefficient (Wildman–Crippen LogP) is -0.492. The number of carbonyl (C=O) groups is 2. The third-order valence-corrected chi connectivity index (χ3v) is 0.578. The molecule has 0 atom stereocenters. The SMILES string of the molecule is CNC(=O)[B]OC(C)=O. The molecule has 4 nitrogen and oxygen atoms in total. The van der Waals surface area contributed by atoms with Crippen LogP contribution in [0.1, 0.15) is 6.92 Å². The first-order valence-electron chi connectivity index (χ1n) is 2.39. The first-order chi connectivity index (χ1) is 4.16. The van der Waals surface area contributed by atoms with Crippen molar-refractivity contribution in [3.63, 3.8) is 0 Å². The van der Waals surface area contributed by atoms with Crippen molar-refractivity contribution >= 4 is 19.3 Å². The molecule has 0 spiro atoms. The third kappa shape index (κ3) is 4.87. The molecule has 0 unspecified atom stereocenters. The van der Waals surface area contributed by atoms with Gasteiger partial charge in [-0.2, -0.15) is 0 Å². The van der Waals surface area contributed by atoms with Gasteiger partial charge in [0.2, 0.25) is 5.81 Å². The second-order valence-electron chi connectivity index (χ2n) is 1.34. The fourth-order valence-electron chi connectivity index (χ4n) is 0.195. The lowest BCUT2D eigenvalue weighted by Gasteiger charge is -1.95. The smallest absolute Gasteiger partial charge is 0.483 e. The van der Waals surface area contributed by atoms with Crippen LogP contribution in [0.3, 0.4) is 0 Å². The standard InChI is InChI=1S/C4H7BNO3/c1-3(7)9-5-4(8)6-2/h1-2H3,(H,6,8). The van der Waals surface area contributed by atoms with Crippen molar-refractivity contribution in [2.45, 2.75) is 6.92 Å². The van der Waals surface area contributed by atoms with Gasteiger partial charge in [-0.05, 0) is 0 Å². The largest absolute Gasteiger partial charge is 0.528 e. The molecular formula is C4H7BNO3. The summed E-state index contributed by atoms with van der Waals surface area (Å²) in [6, 6.07) is 0. The molecule has 0 aromatic heterocycles. The number of carbonyl (C=O) groups excluding carboxylic acids is 2. The molecule has 0 aliphatic carbocycles. The zero-order valence-corrected chi connectivity index (χ0v) is 5.30. The lowest BCUT2D eigenvalue weighted by molar-refractivity contribution is -0.131. The maximum atomic E-state index is 10.3. The molecule has 1 amide bonds. The van der Waals surface area contributed by atoms with Gasteiger partial charge < -0.3 is 9.97 Å². The lowest BCUT2D eigenvalue weighted by Crippen LogP contribution is -2.25. The Hall–Kier alpha value is -0.995. The summed E-state index contributed by atoms with van der Waals surface area (Å²) < 4.78 is 4.22. The van der Waals surface area contributed by atoms with Crippen LogP contribution >= 0.6 is 0 Å². The van der Waals surface area contributed by atoms with Gasteiger partial charge >= 0.3 is 7.48 Å². The molecule has 0 aromatic rings. The van der Waals surface area contributed by atoms with E-state index in [0.29, 0.717) is 0 Å². The van der Waals surface area contributed by atoms with E-state index >= 15 is 0 Å². The lowest BCUT2D eigenvalue weighted by atomic mass is 10.0. The molecule has 0 heterocycles. The molecule has 9 heavy (non-hydrogen) atoms. The Morgan fingerprint density at radius 2 is 2.11 bits per heavy atom. The minimum absolute atomic E-state index is 0.426. The summed E-state index contributed by atoms with van der Waals surface area (Å²) in [5.74, 6) is -0.927. The zero-order chi connectivity index (χ0) is 7.28. The van der Waals surface area contributed by atoms with Gasteiger partial charge in [0.15, 0.2) is 0 Å². The number of hydrogen-bond donors (Lipinski definition) is 1. The summed E-state index contributed by atoms with van der Waals surface area (Å²) in [4.78, 5) is 20.3. The third-order valence-electron chi connectivity index (χ3n) is 0.578. The fraction of sp³-hybridized carbons (Fsp3) is 0.500. The molecule has 0 saturated carbocycles. The van der Waals surface area contributed by atoms with Gasteiger partial charge in [0.05, 0.1) is 0 Å². The Morgan fingerprint density at radius 1 is 1.56 bits per heavy atom. The highest BCUT2D eigenvalue weighted by Crippen LogP contribution is 1.72. The summed E-state index contributed by atoms with van der Waals surface area (Å²) in [5.41, 5.74) is 0. The van der Waals surface area contributed by atoms with Gasteiger partial charge in [-0.25, -0.2) is 0 Å². The first-order valence-corrected chi connectivity index (χ1v) is 2.39. The highest BCUT2D eigenvalue weighted by atomic mass is 16.5. The first kappa shape index (κ1) is 8.00. The molecule has 0 fully saturated rings. The summed E-state index contributed by atoms with van der Waals surface area (Å²) in [5, 5.41) is 2.25. The van der Waals surface area contributed by atoms with Gasteiger partial charge in [0.1, 0.15) is 0 Å². The van der Waals surface area contributed by atoms with Crippen LogP contribution in [0.25, 0.3) is 0 Å². The van der Waals surface area contributed by atoms with Crippen molar-refractivity contribution in [1.82, 2.24) is 5.32 Å². The zero-order valence-electron chi connectivity index (χ0n) is 5.30. The van der Waals surface area contributed by atoms with Crippen LogP contribution in [-0.2, 0) is 9.45 Å². The number of amides is 1. The molecule has 0 bridgehead atoms. The Bertz CT molecular complexity index is 125. The van der Waals surface area contributed by atoms with Crippen molar-refractivity contribution in [3.8, 4) is 0 Å². The van der Waals surface area contributed by atoms with Crippen LogP contribution in [0, 0.1) is 0 Å². The van der Waals surface area contributed by atoms with E-state index in [1.54, 1.807) is 0 Å². The van der Waals surface area contributed by atoms with Crippen molar-refractivity contribution < 1.29 is 14.2 Å². The number of rotatable bonds is 2. The summed E-state index contributed by atoms with van der Waals surface area (Å²) in [6.07, 6.45) is 0. The van der Waals surface area contributed by atoms with Crippen LogP contribution in [0.15, 0.2) is 0 Å². The van der Waals surface area contributed by atoms with Crippen LogP contribution in [0.5, 0.6) is 0 Å². The van der Waals surface area contributed by atoms with Gasteiger partial charge in [-0.3, -0.25) is 9.59 Å². The maximum absolute atomic E-state index is 10.3. The van der Waals surface area contributed by atoms with Crippen LogP contribution in [0.2, 0.25) is 0 Å². The molecule has 0 saturated heterocycles. The van der Waals surface area contributed by atoms with Crippen molar-refractivity contribution in [2.24, 2.45) is 0 Å². The molecule has 1 N–H and O–H groups in total. The van der Waals surface area contributed by atoms with E-state index in [4.69, 9.17) is 0 Å². The topological polar surface area (TPSA) is 55.4 Å². The van der Waals surface area contributed by atoms with Gasteiger partial charge in [-0.15, -0.1) is 0 Å². The van der Waals surface area contributed by atoms with Gasteiger partial charge in [-0.1, -0.05) is 0 Å². The highest BCUT2D eigenvalue weighted by Gasteiger charge is 2.04. The molecule has 0 aliphatic rings. The minimum atomic E-state index is -0.501. The molecule has 1 radical (unpaired) electrons. The average molecular weight is 128 g/mol. The Morgan fingerprint density at radius 3 is 2.44 bits per heavy atom. The number of hydrogen-bond acceptors (Lipinski definition) is 3. The molecule has 0 rings (SSSR count). The van der Waals surface area contributed by atoms with E-state index in [1.807, 2.05) is 0 Å². The van der Waals surface area contributed by atoms with Crippen LogP contribution in [0.4, 0.5) is 4.79 Å². The van der Waals surface area contributed by atoms with Crippen LogP contribution < -0.4 is 5.32 Å². The van der Waals surface area contributed by atoms with E-state index in [-0.39, 0.29) is 0 Å². The van der Waals surface area contributed by atoms with E-state index < -0.39 is 11.8 Å². The highest BCUT2D eigenvalue weighted by molar-refractivity contribution is 6.69. The van der Waals surface area contributed by atoms with E-state index in [0.717, 1.165) is 7.48 Å². The monoisotopic (exact) mass is 128 g/mol. The van der Waals surface area contributed by atoms with Crippen molar-refractivity contribution in [2.75, 3.05) is 7.05 Å². The Kier molecular flexibility index (Phi) is 3.51.